The van der Waals surface area contributed by atoms with Crippen LogP contribution in [0.15, 0.2) is 48.5 Å². The minimum absolute atomic E-state index is 0.0505. The number of carboxylic acids is 1. The molecule has 10 heteroatoms. The van der Waals surface area contributed by atoms with Crippen molar-refractivity contribution in [3.05, 3.63) is 65.2 Å². The molecule has 2 aromatic carbocycles. The number of hydrogen-bond donors (Lipinski definition) is 4. The zero-order valence-electron chi connectivity index (χ0n) is 26.2. The van der Waals surface area contributed by atoms with E-state index in [4.69, 9.17) is 5.11 Å². The summed E-state index contributed by atoms with van der Waals surface area (Å²) in [5.74, 6) is -1.32. The monoisotopic (exact) mass is 618 g/mol. The zero-order valence-corrected chi connectivity index (χ0v) is 26.2. The minimum atomic E-state index is -1.00. The van der Waals surface area contributed by atoms with Gasteiger partial charge in [-0.05, 0) is 67.5 Å². The summed E-state index contributed by atoms with van der Waals surface area (Å²) in [5.41, 5.74) is 0.944. The van der Waals surface area contributed by atoms with Crippen LogP contribution < -0.4 is 10.6 Å². The first-order valence-corrected chi connectivity index (χ1v) is 16.4. The lowest BCUT2D eigenvalue weighted by atomic mass is 9.77. The summed E-state index contributed by atoms with van der Waals surface area (Å²) in [6.45, 7) is 4.69. The predicted octanol–water partition coefficient (Wildman–Crippen LogP) is 4.11. The van der Waals surface area contributed by atoms with E-state index < -0.39 is 23.2 Å². The molecule has 45 heavy (non-hydrogen) atoms. The van der Waals surface area contributed by atoms with Gasteiger partial charge >= 0.3 is 5.97 Å². The van der Waals surface area contributed by atoms with Crippen molar-refractivity contribution in [2.45, 2.75) is 101 Å². The van der Waals surface area contributed by atoms with Gasteiger partial charge in [0.25, 0.3) is 0 Å². The standard InChI is InChI=1S/C35H46N4O6/c1-2-3-19-39-31(41)29(23-34(45)15-5-4-6-16-34)37-33(44)35(39)17-20-38(21-18-35)24-26-9-13-28(14-10-26)36-30(40)22-25-7-11-27(12-8-25)32(42)43/h7-14,29,45H,2-6,15-24H2,1H3,(H,36,40)(H,37,44)(H,42,43)/t29-/m1/s1. The lowest BCUT2D eigenvalue weighted by Gasteiger charge is -2.52. The molecular weight excluding hydrogens is 572 g/mol. The molecule has 242 valence electrons. The number of likely N-dealkylation sites (tertiary alicyclic amines) is 1. The van der Waals surface area contributed by atoms with Crippen LogP contribution in [-0.4, -0.2) is 80.5 Å². The van der Waals surface area contributed by atoms with Crippen molar-refractivity contribution in [1.82, 2.24) is 15.1 Å². The highest BCUT2D eigenvalue weighted by Gasteiger charge is 2.54. The van der Waals surface area contributed by atoms with Crippen LogP contribution >= 0.6 is 0 Å². The van der Waals surface area contributed by atoms with Crippen LogP contribution in [0.4, 0.5) is 5.69 Å². The van der Waals surface area contributed by atoms with Crippen LogP contribution in [0.5, 0.6) is 0 Å². The molecule has 0 radical (unpaired) electrons. The highest BCUT2D eigenvalue weighted by atomic mass is 16.4. The second-order valence-electron chi connectivity index (χ2n) is 13.1. The highest BCUT2D eigenvalue weighted by molar-refractivity contribution is 6.00. The van der Waals surface area contributed by atoms with Gasteiger partial charge in [-0.25, -0.2) is 4.79 Å². The summed E-state index contributed by atoms with van der Waals surface area (Å²) in [4.78, 5) is 55.2. The van der Waals surface area contributed by atoms with Gasteiger partial charge in [0.1, 0.15) is 11.6 Å². The van der Waals surface area contributed by atoms with Gasteiger partial charge in [0, 0.05) is 38.3 Å². The summed E-state index contributed by atoms with van der Waals surface area (Å²) < 4.78 is 0. The average molecular weight is 619 g/mol. The van der Waals surface area contributed by atoms with Crippen molar-refractivity contribution in [3.8, 4) is 0 Å². The van der Waals surface area contributed by atoms with Gasteiger partial charge in [-0.1, -0.05) is 56.9 Å². The number of piperidine rings is 1. The Hall–Kier alpha value is -3.76. The quantitative estimate of drug-likeness (QED) is 0.297. The van der Waals surface area contributed by atoms with Gasteiger partial charge in [0.05, 0.1) is 17.6 Å². The van der Waals surface area contributed by atoms with Crippen LogP contribution in [0.25, 0.3) is 0 Å². The second kappa shape index (κ2) is 14.1. The lowest BCUT2D eigenvalue weighted by Crippen LogP contribution is -2.73. The molecule has 1 aliphatic carbocycles. The maximum Gasteiger partial charge on any atom is 0.335 e. The largest absolute Gasteiger partial charge is 0.478 e. The van der Waals surface area contributed by atoms with Crippen molar-refractivity contribution in [3.63, 3.8) is 0 Å². The van der Waals surface area contributed by atoms with Gasteiger partial charge in [-0.15, -0.1) is 0 Å². The van der Waals surface area contributed by atoms with Crippen molar-refractivity contribution < 1.29 is 29.4 Å². The van der Waals surface area contributed by atoms with E-state index in [0.29, 0.717) is 64.0 Å². The number of aliphatic hydroxyl groups is 1. The number of nitrogens with one attached hydrogen (secondary N) is 2. The SMILES string of the molecule is CCCCN1C(=O)[C@@H](CC2(O)CCCCC2)NC(=O)C12CCN(Cc1ccc(NC(=O)Cc3ccc(C(=O)O)cc3)cc1)CC2. The fraction of sp³-hybridized carbons (Fsp3) is 0.543. The number of benzene rings is 2. The number of unbranched alkanes of at least 4 members (excludes halogenated alkanes) is 1. The molecule has 2 aliphatic heterocycles. The molecule has 3 amide bonds. The fourth-order valence-corrected chi connectivity index (χ4v) is 7.13. The maximum absolute atomic E-state index is 13.8. The first-order chi connectivity index (χ1) is 21.6. The van der Waals surface area contributed by atoms with Crippen LogP contribution in [0, 0.1) is 0 Å². The molecule has 4 N–H and O–H groups in total. The number of carboxylic acid groups (broad SMARTS) is 1. The third-order valence-electron chi connectivity index (χ3n) is 9.81. The van der Waals surface area contributed by atoms with Crippen LogP contribution in [0.2, 0.25) is 0 Å². The number of nitrogens with zero attached hydrogens (tertiary/aromatic N) is 2. The van der Waals surface area contributed by atoms with Gasteiger partial charge in [0.15, 0.2) is 0 Å². The Balaban J connectivity index is 1.15. The summed E-state index contributed by atoms with van der Waals surface area (Å²) in [6.07, 6.45) is 7.69. The Kier molecular flexibility index (Phi) is 10.2. The van der Waals surface area contributed by atoms with Gasteiger partial charge in [0.2, 0.25) is 17.7 Å². The molecule has 5 rings (SSSR count). The Labute approximate surface area is 265 Å². The van der Waals surface area contributed by atoms with Gasteiger partial charge in [-0.2, -0.15) is 0 Å². The minimum Gasteiger partial charge on any atom is -0.478 e. The van der Waals surface area contributed by atoms with Crippen molar-refractivity contribution in [2.75, 3.05) is 25.0 Å². The third-order valence-corrected chi connectivity index (χ3v) is 9.81. The van der Waals surface area contributed by atoms with Crippen LogP contribution in [0.1, 0.15) is 92.6 Å². The molecule has 0 unspecified atom stereocenters. The summed E-state index contributed by atoms with van der Waals surface area (Å²) in [5, 5.41) is 26.1. The van der Waals surface area contributed by atoms with E-state index in [1.54, 1.807) is 12.1 Å². The number of anilines is 1. The number of amides is 3. The molecule has 3 fully saturated rings. The Morgan fingerprint density at radius 1 is 0.933 bits per heavy atom. The number of piperazine rings is 1. The van der Waals surface area contributed by atoms with Gasteiger partial charge < -0.3 is 25.7 Å². The molecule has 10 nitrogen and oxygen atoms in total. The molecule has 2 saturated heterocycles. The van der Waals surface area contributed by atoms with E-state index in [-0.39, 0.29) is 29.7 Å². The summed E-state index contributed by atoms with van der Waals surface area (Å²) in [7, 11) is 0. The summed E-state index contributed by atoms with van der Waals surface area (Å²) in [6, 6.07) is 13.3. The van der Waals surface area contributed by atoms with Gasteiger partial charge in [-0.3, -0.25) is 19.3 Å². The smallest absolute Gasteiger partial charge is 0.335 e. The Bertz CT molecular complexity index is 1360. The fourth-order valence-electron chi connectivity index (χ4n) is 7.13. The van der Waals surface area contributed by atoms with E-state index in [2.05, 4.69) is 22.5 Å². The summed E-state index contributed by atoms with van der Waals surface area (Å²) >= 11 is 0. The first-order valence-electron chi connectivity index (χ1n) is 16.4. The predicted molar refractivity (Wildman–Crippen MR) is 171 cm³/mol. The van der Waals surface area contributed by atoms with E-state index in [1.165, 1.54) is 12.1 Å². The van der Waals surface area contributed by atoms with Crippen LogP contribution in [0.3, 0.4) is 0 Å². The Morgan fingerprint density at radius 3 is 2.20 bits per heavy atom. The maximum atomic E-state index is 13.8. The topological polar surface area (TPSA) is 139 Å². The second-order valence-corrected chi connectivity index (χ2v) is 13.1. The average Bonchev–Trinajstić information content (AvgIpc) is 3.02. The van der Waals surface area contributed by atoms with Crippen molar-refractivity contribution in [1.29, 1.82) is 0 Å². The molecule has 1 saturated carbocycles. The van der Waals surface area contributed by atoms with E-state index >= 15 is 0 Å². The lowest BCUT2D eigenvalue weighted by molar-refractivity contribution is -0.163. The molecule has 1 atom stereocenters. The van der Waals surface area contributed by atoms with Crippen LogP contribution in [-0.2, 0) is 27.3 Å². The molecule has 2 aromatic rings. The molecule has 2 heterocycles. The molecule has 0 aromatic heterocycles. The van der Waals surface area contributed by atoms with E-state index in [1.807, 2.05) is 29.2 Å². The molecule has 3 aliphatic rings. The van der Waals surface area contributed by atoms with Crippen molar-refractivity contribution >= 4 is 29.4 Å². The number of aromatic carboxylic acids is 1. The Morgan fingerprint density at radius 2 is 1.58 bits per heavy atom. The van der Waals surface area contributed by atoms with E-state index in [9.17, 15) is 24.3 Å². The normalized spacial score (nSPS) is 21.4. The zero-order chi connectivity index (χ0) is 32.0. The highest BCUT2D eigenvalue weighted by Crippen LogP contribution is 2.37. The third kappa shape index (κ3) is 7.73. The van der Waals surface area contributed by atoms with Crippen molar-refractivity contribution in [2.24, 2.45) is 0 Å². The molecular formula is C35H46N4O6. The molecule has 1 spiro atoms. The van der Waals surface area contributed by atoms with E-state index in [0.717, 1.165) is 43.2 Å². The number of carbonyl (C=O) groups excluding carboxylic acids is 3. The number of rotatable bonds is 11. The molecule has 0 bridgehead atoms. The number of carbonyl (C=O) groups is 4. The first kappa shape index (κ1) is 32.6. The number of hydrogen-bond acceptors (Lipinski definition) is 6.